The van der Waals surface area contributed by atoms with Crippen LogP contribution in [0, 0.1) is 0 Å². The van der Waals surface area contributed by atoms with Crippen molar-refractivity contribution in [1.29, 1.82) is 0 Å². The maximum atomic E-state index is 12.8. The van der Waals surface area contributed by atoms with Crippen molar-refractivity contribution in [2.75, 3.05) is 39.3 Å². The number of benzene rings is 1. The second-order valence-corrected chi connectivity index (χ2v) is 8.75. The number of nitrogens with zero attached hydrogens (tertiary/aromatic N) is 2. The van der Waals surface area contributed by atoms with E-state index >= 15 is 0 Å². The minimum atomic E-state index is -3.36. The monoisotopic (exact) mass is 373 g/mol. The number of rotatable bonds is 4. The van der Waals surface area contributed by atoms with E-state index in [1.54, 1.807) is 16.4 Å². The lowest BCUT2D eigenvalue weighted by molar-refractivity contribution is 0.179. The first kappa shape index (κ1) is 19.7. The molecule has 0 amide bonds. The molecule has 7 heteroatoms. The number of nitrogens with one attached hydrogen (secondary N) is 1. The molecule has 24 heavy (non-hydrogen) atoms. The van der Waals surface area contributed by atoms with E-state index in [1.807, 2.05) is 12.1 Å². The first-order valence-electron chi connectivity index (χ1n) is 8.53. The van der Waals surface area contributed by atoms with Crippen LogP contribution >= 0.6 is 12.4 Å². The lowest BCUT2D eigenvalue weighted by Crippen LogP contribution is -2.49. The van der Waals surface area contributed by atoms with Crippen molar-refractivity contribution in [3.63, 3.8) is 0 Å². The summed E-state index contributed by atoms with van der Waals surface area (Å²) in [6, 6.07) is 7.73. The van der Waals surface area contributed by atoms with E-state index in [2.05, 4.69) is 24.1 Å². The molecule has 0 aromatic heterocycles. The van der Waals surface area contributed by atoms with Crippen LogP contribution in [0.25, 0.3) is 0 Å². The smallest absolute Gasteiger partial charge is 0.243 e. The van der Waals surface area contributed by atoms with Crippen molar-refractivity contribution >= 4 is 22.4 Å². The van der Waals surface area contributed by atoms with Crippen LogP contribution in [-0.4, -0.2) is 62.9 Å². The van der Waals surface area contributed by atoms with Gasteiger partial charge in [-0.2, -0.15) is 4.31 Å². The molecule has 0 aliphatic carbocycles. The predicted molar refractivity (Wildman–Crippen MR) is 99.4 cm³/mol. The zero-order valence-electron chi connectivity index (χ0n) is 14.4. The summed E-state index contributed by atoms with van der Waals surface area (Å²) < 4.78 is 27.3. The molecule has 0 radical (unpaired) electrons. The van der Waals surface area contributed by atoms with Gasteiger partial charge in [0.1, 0.15) is 0 Å². The van der Waals surface area contributed by atoms with Crippen LogP contribution in [0.1, 0.15) is 31.7 Å². The number of hydrogen-bond acceptors (Lipinski definition) is 4. The Morgan fingerprint density at radius 2 is 1.71 bits per heavy atom. The van der Waals surface area contributed by atoms with Gasteiger partial charge in [0, 0.05) is 45.3 Å². The van der Waals surface area contributed by atoms with Crippen LogP contribution in [0.15, 0.2) is 29.2 Å². The standard InChI is InChI=1S/C17H27N3O2S.ClH/c1-14(2)15-3-5-17(6-4-15)23(21,22)20-10-7-16(13-20)19-11-8-18-9-12-19;/h3-6,14,16,18H,7-13H2,1-2H3;1H. The van der Waals surface area contributed by atoms with Crippen LogP contribution in [-0.2, 0) is 10.0 Å². The van der Waals surface area contributed by atoms with Gasteiger partial charge in [-0.25, -0.2) is 8.42 Å². The van der Waals surface area contributed by atoms with Gasteiger partial charge in [-0.15, -0.1) is 12.4 Å². The molecule has 0 bridgehead atoms. The van der Waals surface area contributed by atoms with Gasteiger partial charge in [0.05, 0.1) is 4.90 Å². The Morgan fingerprint density at radius 1 is 1.08 bits per heavy atom. The van der Waals surface area contributed by atoms with Crippen molar-refractivity contribution in [2.45, 2.75) is 37.1 Å². The van der Waals surface area contributed by atoms with Crippen molar-refractivity contribution in [2.24, 2.45) is 0 Å². The molecule has 1 aromatic carbocycles. The van der Waals surface area contributed by atoms with E-state index in [0.29, 0.717) is 29.9 Å². The Labute approximate surface area is 151 Å². The summed E-state index contributed by atoms with van der Waals surface area (Å²) in [6.07, 6.45) is 0.934. The van der Waals surface area contributed by atoms with Gasteiger partial charge in [-0.05, 0) is 30.0 Å². The van der Waals surface area contributed by atoms with Gasteiger partial charge in [0.25, 0.3) is 0 Å². The number of piperazine rings is 1. The SMILES string of the molecule is CC(C)c1ccc(S(=O)(=O)N2CCC(N3CCNCC3)C2)cc1.Cl. The fraction of sp³-hybridized carbons (Fsp3) is 0.647. The third-order valence-corrected chi connectivity index (χ3v) is 6.86. The molecule has 5 nitrogen and oxygen atoms in total. The van der Waals surface area contributed by atoms with E-state index in [1.165, 1.54) is 5.56 Å². The average Bonchev–Trinajstić information content (AvgIpc) is 3.06. The molecule has 0 saturated carbocycles. The van der Waals surface area contributed by atoms with E-state index in [0.717, 1.165) is 32.6 Å². The van der Waals surface area contributed by atoms with Crippen LogP contribution in [0.4, 0.5) is 0 Å². The van der Waals surface area contributed by atoms with Gasteiger partial charge in [0.2, 0.25) is 10.0 Å². The van der Waals surface area contributed by atoms with Gasteiger partial charge in [-0.3, -0.25) is 4.90 Å². The normalized spacial score (nSPS) is 23.4. The Bertz CT molecular complexity index is 628. The molecule has 2 fully saturated rings. The van der Waals surface area contributed by atoms with Crippen LogP contribution in [0.3, 0.4) is 0 Å². The van der Waals surface area contributed by atoms with Gasteiger partial charge in [-0.1, -0.05) is 26.0 Å². The van der Waals surface area contributed by atoms with E-state index in [-0.39, 0.29) is 12.4 Å². The molecule has 2 saturated heterocycles. The molecule has 0 spiro atoms. The topological polar surface area (TPSA) is 52.7 Å². The minimum absolute atomic E-state index is 0. The third-order valence-electron chi connectivity index (χ3n) is 4.98. The summed E-state index contributed by atoms with van der Waals surface area (Å²) in [4.78, 5) is 2.84. The van der Waals surface area contributed by atoms with E-state index < -0.39 is 10.0 Å². The molecule has 1 N–H and O–H groups in total. The lowest BCUT2D eigenvalue weighted by Gasteiger charge is -2.32. The third kappa shape index (κ3) is 4.11. The average molecular weight is 374 g/mol. The molecule has 2 aliphatic rings. The highest BCUT2D eigenvalue weighted by Crippen LogP contribution is 2.25. The van der Waals surface area contributed by atoms with Crippen LogP contribution in [0.5, 0.6) is 0 Å². The quantitative estimate of drug-likeness (QED) is 0.875. The van der Waals surface area contributed by atoms with Gasteiger partial charge in [0.15, 0.2) is 0 Å². The summed E-state index contributed by atoms with van der Waals surface area (Å²) >= 11 is 0. The van der Waals surface area contributed by atoms with Gasteiger partial charge >= 0.3 is 0 Å². The Morgan fingerprint density at radius 3 is 2.29 bits per heavy atom. The highest BCUT2D eigenvalue weighted by Gasteiger charge is 2.35. The zero-order valence-corrected chi connectivity index (χ0v) is 16.1. The summed E-state index contributed by atoms with van der Waals surface area (Å²) in [6.45, 7) is 9.50. The highest BCUT2D eigenvalue weighted by atomic mass is 35.5. The molecule has 1 unspecified atom stereocenters. The first-order valence-corrected chi connectivity index (χ1v) is 9.97. The second kappa shape index (κ2) is 8.15. The summed E-state index contributed by atoms with van der Waals surface area (Å²) in [7, 11) is -3.36. The molecule has 1 atom stereocenters. The summed E-state index contributed by atoms with van der Waals surface area (Å²) in [5.74, 6) is 0.413. The Balaban J connectivity index is 0.00000208. The van der Waals surface area contributed by atoms with Crippen molar-refractivity contribution in [3.05, 3.63) is 29.8 Å². The molecular weight excluding hydrogens is 346 g/mol. The molecule has 3 rings (SSSR count). The van der Waals surface area contributed by atoms with E-state index in [4.69, 9.17) is 0 Å². The molecule has 136 valence electrons. The number of halogens is 1. The molecule has 2 aliphatic heterocycles. The second-order valence-electron chi connectivity index (χ2n) is 6.82. The lowest BCUT2D eigenvalue weighted by atomic mass is 10.0. The van der Waals surface area contributed by atoms with E-state index in [9.17, 15) is 8.42 Å². The first-order chi connectivity index (χ1) is 11.0. The van der Waals surface area contributed by atoms with Crippen LogP contribution in [0.2, 0.25) is 0 Å². The maximum absolute atomic E-state index is 12.8. The molecular formula is C17H28ClN3O2S. The Kier molecular flexibility index (Phi) is 6.67. The number of hydrogen-bond donors (Lipinski definition) is 1. The fourth-order valence-corrected chi connectivity index (χ4v) is 4.94. The van der Waals surface area contributed by atoms with Crippen LogP contribution < -0.4 is 5.32 Å². The molecule has 1 aromatic rings. The predicted octanol–water partition coefficient (Wildman–Crippen LogP) is 1.90. The minimum Gasteiger partial charge on any atom is -0.314 e. The highest BCUT2D eigenvalue weighted by molar-refractivity contribution is 7.89. The van der Waals surface area contributed by atoms with Crippen molar-refractivity contribution in [1.82, 2.24) is 14.5 Å². The largest absolute Gasteiger partial charge is 0.314 e. The maximum Gasteiger partial charge on any atom is 0.243 e. The molecule has 2 heterocycles. The zero-order chi connectivity index (χ0) is 16.4. The summed E-state index contributed by atoms with van der Waals surface area (Å²) in [5.41, 5.74) is 1.17. The Hall–Kier alpha value is -0.660. The fourth-order valence-electron chi connectivity index (χ4n) is 3.45. The van der Waals surface area contributed by atoms with Crippen molar-refractivity contribution < 1.29 is 8.42 Å². The number of sulfonamides is 1. The van der Waals surface area contributed by atoms with Gasteiger partial charge < -0.3 is 5.32 Å². The summed E-state index contributed by atoms with van der Waals surface area (Å²) in [5, 5.41) is 3.35. The van der Waals surface area contributed by atoms with Crippen molar-refractivity contribution in [3.8, 4) is 0 Å².